The molecule has 3 rings (SSSR count). The first kappa shape index (κ1) is 18.5. The van der Waals surface area contributed by atoms with Gasteiger partial charge in [0.15, 0.2) is 5.78 Å². The second kappa shape index (κ2) is 7.16. The molecule has 0 saturated carbocycles. The number of allylic oxidation sites excluding steroid dienone is 2. The molecule has 2 aliphatic rings. The predicted octanol–water partition coefficient (Wildman–Crippen LogP) is 4.28. The van der Waals surface area contributed by atoms with Gasteiger partial charge in [0, 0.05) is 18.3 Å². The van der Waals surface area contributed by atoms with Crippen LogP contribution in [0.4, 0.5) is 0 Å². The maximum Gasteiger partial charge on any atom is 0.167 e. The minimum atomic E-state index is -0.864. The number of aliphatic hydroxyl groups is 1. The van der Waals surface area contributed by atoms with Gasteiger partial charge in [0.05, 0.1) is 5.57 Å². The van der Waals surface area contributed by atoms with Crippen molar-refractivity contribution >= 4 is 22.5 Å². The van der Waals surface area contributed by atoms with Gasteiger partial charge in [-0.2, -0.15) is 0 Å². The van der Waals surface area contributed by atoms with Crippen molar-refractivity contribution in [2.45, 2.75) is 59.3 Å². The van der Waals surface area contributed by atoms with Gasteiger partial charge in [-0.3, -0.25) is 4.79 Å². The Bertz CT molecular complexity index is 697. The van der Waals surface area contributed by atoms with Crippen molar-refractivity contribution < 1.29 is 14.5 Å². The summed E-state index contributed by atoms with van der Waals surface area (Å²) in [6.45, 7) is 6.26. The van der Waals surface area contributed by atoms with Crippen LogP contribution in [-0.2, 0) is 28.8 Å². The van der Waals surface area contributed by atoms with Crippen LogP contribution in [0.25, 0.3) is 5.57 Å². The van der Waals surface area contributed by atoms with E-state index in [9.17, 15) is 14.5 Å². The Hall–Kier alpha value is -1.26. The molecule has 1 aliphatic heterocycles. The van der Waals surface area contributed by atoms with Gasteiger partial charge >= 0.3 is 0 Å². The largest absolute Gasteiger partial charge is 0.616 e. The van der Waals surface area contributed by atoms with Crippen LogP contribution in [0.5, 0.6) is 0 Å². The van der Waals surface area contributed by atoms with Gasteiger partial charge < -0.3 is 9.66 Å². The quantitative estimate of drug-likeness (QED) is 0.819. The first-order chi connectivity index (χ1) is 11.9. The molecule has 1 N–H and O–H groups in total. The number of carbonyl (C=O) groups excluding carboxylic acids is 1. The highest BCUT2D eigenvalue weighted by atomic mass is 32.2. The number of benzene rings is 1. The van der Waals surface area contributed by atoms with Gasteiger partial charge in [0.25, 0.3) is 0 Å². The molecule has 2 atom stereocenters. The molecule has 1 aromatic carbocycles. The lowest BCUT2D eigenvalue weighted by molar-refractivity contribution is -0.116. The molecule has 1 aromatic rings. The molecule has 0 aromatic heterocycles. The second-order valence-electron chi connectivity index (χ2n) is 7.66. The van der Waals surface area contributed by atoms with Crippen LogP contribution < -0.4 is 0 Å². The molecular weight excluding hydrogens is 332 g/mol. The Balaban J connectivity index is 2.08. The smallest absolute Gasteiger partial charge is 0.167 e. The van der Waals surface area contributed by atoms with Crippen LogP contribution in [0, 0.1) is 12.3 Å². The maximum atomic E-state index is 13.1. The van der Waals surface area contributed by atoms with Crippen LogP contribution >= 0.6 is 0 Å². The number of hydrogen-bond donors (Lipinski definition) is 1. The monoisotopic (exact) mass is 360 g/mol. The van der Waals surface area contributed by atoms with Crippen molar-refractivity contribution in [2.24, 2.45) is 5.41 Å². The molecule has 0 amide bonds. The fraction of sp³-hybridized carbons (Fsp3) is 0.571. The first-order valence-corrected chi connectivity index (χ1v) is 10.8. The Morgan fingerprint density at radius 2 is 1.84 bits per heavy atom. The van der Waals surface area contributed by atoms with E-state index in [0.29, 0.717) is 24.2 Å². The van der Waals surface area contributed by atoms with Crippen molar-refractivity contribution in [3.63, 3.8) is 0 Å². The highest BCUT2D eigenvalue weighted by Gasteiger charge is 2.46. The molecule has 0 radical (unpaired) electrons. The average molecular weight is 361 g/mol. The molecule has 1 aliphatic carbocycles. The van der Waals surface area contributed by atoms with E-state index in [1.807, 2.05) is 0 Å². The molecule has 1 spiro atoms. The van der Waals surface area contributed by atoms with Crippen molar-refractivity contribution in [1.29, 1.82) is 0 Å². The predicted molar refractivity (Wildman–Crippen MR) is 103 cm³/mol. The number of hydrogen-bond acceptors (Lipinski definition) is 3. The number of aliphatic hydroxyl groups excluding tert-OH is 1. The third-order valence-electron chi connectivity index (χ3n) is 5.65. The Morgan fingerprint density at radius 1 is 1.20 bits per heavy atom. The van der Waals surface area contributed by atoms with Crippen LogP contribution in [0.2, 0.25) is 0 Å². The number of rotatable bonds is 3. The van der Waals surface area contributed by atoms with E-state index >= 15 is 0 Å². The summed E-state index contributed by atoms with van der Waals surface area (Å²) in [5.41, 5.74) is 4.64. The lowest BCUT2D eigenvalue weighted by atomic mass is 9.70. The average Bonchev–Trinajstić information content (AvgIpc) is 2.54. The van der Waals surface area contributed by atoms with Gasteiger partial charge in [-0.05, 0) is 49.3 Å². The number of carbonyl (C=O) groups is 1. The van der Waals surface area contributed by atoms with Gasteiger partial charge in [0.2, 0.25) is 0 Å². The number of aryl methyl sites for hydroxylation is 3. The molecule has 4 heteroatoms. The van der Waals surface area contributed by atoms with Crippen molar-refractivity contribution in [2.75, 3.05) is 11.5 Å². The van der Waals surface area contributed by atoms with E-state index in [1.165, 1.54) is 5.56 Å². The fourth-order valence-electron chi connectivity index (χ4n) is 4.57. The highest BCUT2D eigenvalue weighted by Crippen LogP contribution is 2.47. The summed E-state index contributed by atoms with van der Waals surface area (Å²) in [4.78, 5) is 13.1. The molecule has 1 saturated heterocycles. The van der Waals surface area contributed by atoms with Crippen LogP contribution in [-0.4, -0.2) is 26.9 Å². The van der Waals surface area contributed by atoms with Crippen molar-refractivity contribution in [3.8, 4) is 0 Å². The zero-order chi connectivity index (χ0) is 18.2. The van der Waals surface area contributed by atoms with Gasteiger partial charge in [-0.15, -0.1) is 0 Å². The molecule has 1 heterocycles. The minimum absolute atomic E-state index is 0.0240. The van der Waals surface area contributed by atoms with Gasteiger partial charge in [0.1, 0.15) is 17.3 Å². The van der Waals surface area contributed by atoms with Crippen LogP contribution in [0.1, 0.15) is 61.8 Å². The van der Waals surface area contributed by atoms with Gasteiger partial charge in [-0.1, -0.05) is 42.7 Å². The molecular formula is C21H28O3S. The maximum absolute atomic E-state index is 13.1. The van der Waals surface area contributed by atoms with Crippen molar-refractivity contribution in [3.05, 3.63) is 40.1 Å². The Morgan fingerprint density at radius 3 is 2.36 bits per heavy atom. The summed E-state index contributed by atoms with van der Waals surface area (Å²) in [5.74, 6) is 1.51. The number of Topliss-reactive ketones (excluding diaryl/α,β-unsaturated/α-hetero) is 1. The van der Waals surface area contributed by atoms with Gasteiger partial charge in [-0.25, -0.2) is 0 Å². The van der Waals surface area contributed by atoms with Crippen LogP contribution in [0.15, 0.2) is 17.9 Å². The van der Waals surface area contributed by atoms with E-state index < -0.39 is 11.2 Å². The summed E-state index contributed by atoms with van der Waals surface area (Å²) < 4.78 is 12.0. The fourth-order valence-corrected chi connectivity index (χ4v) is 6.22. The third-order valence-corrected chi connectivity index (χ3v) is 7.33. The summed E-state index contributed by atoms with van der Waals surface area (Å²) in [7, 11) is 0. The molecule has 2 unspecified atom stereocenters. The molecule has 3 nitrogen and oxygen atoms in total. The summed E-state index contributed by atoms with van der Waals surface area (Å²) in [6, 6.07) is 4.25. The van der Waals surface area contributed by atoms with E-state index in [2.05, 4.69) is 32.9 Å². The second-order valence-corrected chi connectivity index (χ2v) is 9.23. The van der Waals surface area contributed by atoms with E-state index in [4.69, 9.17) is 0 Å². The topological polar surface area (TPSA) is 60.4 Å². The third kappa shape index (κ3) is 3.52. The molecule has 136 valence electrons. The molecule has 25 heavy (non-hydrogen) atoms. The lowest BCUT2D eigenvalue weighted by Gasteiger charge is -2.40. The zero-order valence-corrected chi connectivity index (χ0v) is 16.3. The SMILES string of the molecule is CCc1cc(C)cc(CC)c1C1=C(O)CC2(CCC[S+]([O-])C2)CC1=O. The Labute approximate surface area is 153 Å². The van der Waals surface area contributed by atoms with E-state index in [1.54, 1.807) is 0 Å². The lowest BCUT2D eigenvalue weighted by Crippen LogP contribution is -2.41. The summed E-state index contributed by atoms with van der Waals surface area (Å²) in [5, 5.41) is 10.9. The minimum Gasteiger partial charge on any atom is -0.616 e. The summed E-state index contributed by atoms with van der Waals surface area (Å²) in [6.07, 6.45) is 4.34. The highest BCUT2D eigenvalue weighted by molar-refractivity contribution is 7.91. The van der Waals surface area contributed by atoms with E-state index in [-0.39, 0.29) is 17.0 Å². The van der Waals surface area contributed by atoms with Crippen molar-refractivity contribution in [1.82, 2.24) is 0 Å². The molecule has 0 bridgehead atoms. The Kier molecular flexibility index (Phi) is 5.31. The first-order valence-electron chi connectivity index (χ1n) is 9.32. The standard InChI is InChI=1S/C21H28O3S/c1-4-15-9-14(3)10-16(5-2)19(15)20-17(22)11-21(12-18(20)23)7-6-8-25(24)13-21/h9-10,22H,4-8,11-13H2,1-3H3. The normalized spacial score (nSPS) is 27.2. The van der Waals surface area contributed by atoms with E-state index in [0.717, 1.165) is 48.1 Å². The van der Waals surface area contributed by atoms with Crippen LogP contribution in [0.3, 0.4) is 0 Å². The molecule has 1 fully saturated rings. The summed E-state index contributed by atoms with van der Waals surface area (Å²) >= 11 is -0.864. The number of ketones is 1. The zero-order valence-electron chi connectivity index (χ0n) is 15.5.